The molecule has 0 aliphatic rings. The average molecular weight is 390 g/mol. The predicted octanol–water partition coefficient (Wildman–Crippen LogP) is 4.31. The van der Waals surface area contributed by atoms with Gasteiger partial charge in [0.2, 0.25) is 5.91 Å². The molecule has 3 aromatic rings. The highest BCUT2D eigenvalue weighted by molar-refractivity contribution is 5.96. The van der Waals surface area contributed by atoms with Crippen molar-refractivity contribution in [3.63, 3.8) is 0 Å². The van der Waals surface area contributed by atoms with Gasteiger partial charge in [-0.1, -0.05) is 48.5 Å². The van der Waals surface area contributed by atoms with Gasteiger partial charge in [-0.25, -0.2) is 0 Å². The number of methoxy groups -OCH3 is 1. The van der Waals surface area contributed by atoms with E-state index in [2.05, 4.69) is 5.32 Å². The normalized spacial score (nSPS) is 10.6. The first-order valence-electron chi connectivity index (χ1n) is 9.55. The van der Waals surface area contributed by atoms with Gasteiger partial charge in [-0.2, -0.15) is 0 Å². The Balaban J connectivity index is 1.49. The molecule has 3 rings (SSSR count). The maximum Gasteiger partial charge on any atom is 0.238 e. The van der Waals surface area contributed by atoms with E-state index in [4.69, 9.17) is 9.47 Å². The van der Waals surface area contributed by atoms with Crippen LogP contribution in [0.5, 0.6) is 11.5 Å². The summed E-state index contributed by atoms with van der Waals surface area (Å²) in [6, 6.07) is 25.3. The van der Waals surface area contributed by atoms with Crippen LogP contribution in [-0.2, 0) is 4.79 Å². The van der Waals surface area contributed by atoms with Gasteiger partial charge < -0.3 is 14.8 Å². The number of ether oxygens (including phenoxy) is 2. The number of likely N-dealkylation sites (N-methyl/N-ethyl adjacent to an activating group) is 1. The number of hydrogen-bond donors (Lipinski definition) is 1. The third-order valence-corrected chi connectivity index (χ3v) is 4.50. The minimum Gasteiger partial charge on any atom is -0.497 e. The van der Waals surface area contributed by atoms with E-state index in [0.717, 1.165) is 28.3 Å². The van der Waals surface area contributed by atoms with Crippen molar-refractivity contribution in [1.82, 2.24) is 4.90 Å². The second-order valence-corrected chi connectivity index (χ2v) is 6.72. The molecule has 0 saturated carbocycles. The quantitative estimate of drug-likeness (QED) is 0.591. The predicted molar refractivity (Wildman–Crippen MR) is 116 cm³/mol. The Kier molecular flexibility index (Phi) is 7.25. The van der Waals surface area contributed by atoms with Gasteiger partial charge in [0.25, 0.3) is 0 Å². The van der Waals surface area contributed by atoms with Crippen molar-refractivity contribution >= 4 is 11.6 Å². The van der Waals surface area contributed by atoms with Gasteiger partial charge in [-0.15, -0.1) is 0 Å². The molecule has 0 saturated heterocycles. The third-order valence-electron chi connectivity index (χ3n) is 4.50. The van der Waals surface area contributed by atoms with Gasteiger partial charge in [0, 0.05) is 17.8 Å². The second kappa shape index (κ2) is 10.3. The zero-order chi connectivity index (χ0) is 20.5. The van der Waals surface area contributed by atoms with Gasteiger partial charge >= 0.3 is 0 Å². The van der Waals surface area contributed by atoms with Gasteiger partial charge in [-0.05, 0) is 42.9 Å². The van der Waals surface area contributed by atoms with Crippen LogP contribution in [0.4, 0.5) is 5.69 Å². The van der Waals surface area contributed by atoms with E-state index in [9.17, 15) is 4.79 Å². The molecule has 3 aromatic carbocycles. The van der Waals surface area contributed by atoms with Crippen LogP contribution in [0.25, 0.3) is 11.1 Å². The van der Waals surface area contributed by atoms with Crippen LogP contribution in [0.1, 0.15) is 0 Å². The number of nitrogens with zero attached hydrogens (tertiary/aromatic N) is 1. The van der Waals surface area contributed by atoms with Crippen LogP contribution in [0, 0.1) is 0 Å². The zero-order valence-electron chi connectivity index (χ0n) is 16.8. The standard InChI is InChI=1S/C24H26N2O3/c1-26(16-17-29-21-14-12-20(28-2)13-15-21)18-24(27)25-23-11-7-6-10-22(23)19-8-4-3-5-9-19/h3-15H,16-18H2,1-2H3,(H,25,27). The summed E-state index contributed by atoms with van der Waals surface area (Å²) in [4.78, 5) is 14.4. The Morgan fingerprint density at radius 1 is 0.897 bits per heavy atom. The lowest BCUT2D eigenvalue weighted by molar-refractivity contribution is -0.117. The highest BCUT2D eigenvalue weighted by atomic mass is 16.5. The number of para-hydroxylation sites is 1. The number of carbonyl (C=O) groups is 1. The summed E-state index contributed by atoms with van der Waals surface area (Å²) in [5.41, 5.74) is 2.89. The van der Waals surface area contributed by atoms with Crippen LogP contribution in [0.2, 0.25) is 0 Å². The topological polar surface area (TPSA) is 50.8 Å². The first-order chi connectivity index (χ1) is 14.2. The second-order valence-electron chi connectivity index (χ2n) is 6.72. The van der Waals surface area contributed by atoms with Crippen LogP contribution in [0.15, 0.2) is 78.9 Å². The number of anilines is 1. The molecule has 0 heterocycles. The lowest BCUT2D eigenvalue weighted by Crippen LogP contribution is -2.33. The average Bonchev–Trinajstić information content (AvgIpc) is 2.75. The summed E-state index contributed by atoms with van der Waals surface area (Å²) >= 11 is 0. The Morgan fingerprint density at radius 2 is 1.55 bits per heavy atom. The van der Waals surface area contributed by atoms with Crippen molar-refractivity contribution in [2.24, 2.45) is 0 Å². The van der Waals surface area contributed by atoms with Crippen LogP contribution in [-0.4, -0.2) is 44.7 Å². The molecule has 1 amide bonds. The maximum atomic E-state index is 12.5. The van der Waals surface area contributed by atoms with Crippen molar-refractivity contribution in [2.45, 2.75) is 0 Å². The number of carbonyl (C=O) groups excluding carboxylic acids is 1. The minimum absolute atomic E-state index is 0.0553. The molecule has 0 aliphatic carbocycles. The fourth-order valence-corrected chi connectivity index (χ4v) is 2.97. The van der Waals surface area contributed by atoms with E-state index in [1.54, 1.807) is 7.11 Å². The van der Waals surface area contributed by atoms with E-state index < -0.39 is 0 Å². The maximum absolute atomic E-state index is 12.5. The Labute approximate surface area is 171 Å². The number of benzene rings is 3. The summed E-state index contributed by atoms with van der Waals surface area (Å²) in [5.74, 6) is 1.52. The minimum atomic E-state index is -0.0553. The molecule has 0 aliphatic heterocycles. The molecule has 0 fully saturated rings. The van der Waals surface area contributed by atoms with Crippen LogP contribution < -0.4 is 14.8 Å². The molecule has 0 spiro atoms. The molecule has 5 nitrogen and oxygen atoms in total. The fraction of sp³-hybridized carbons (Fsp3) is 0.208. The Hall–Kier alpha value is -3.31. The van der Waals surface area contributed by atoms with E-state index in [1.165, 1.54) is 0 Å². The molecule has 0 bridgehead atoms. The van der Waals surface area contributed by atoms with E-state index >= 15 is 0 Å². The number of rotatable bonds is 9. The highest BCUT2D eigenvalue weighted by Gasteiger charge is 2.10. The van der Waals surface area contributed by atoms with Gasteiger partial charge in [-0.3, -0.25) is 9.69 Å². The van der Waals surface area contributed by atoms with Gasteiger partial charge in [0.05, 0.1) is 13.7 Å². The summed E-state index contributed by atoms with van der Waals surface area (Å²) in [5, 5.41) is 3.03. The largest absolute Gasteiger partial charge is 0.497 e. The first-order valence-corrected chi connectivity index (χ1v) is 9.55. The summed E-state index contributed by atoms with van der Waals surface area (Å²) in [7, 11) is 3.54. The summed E-state index contributed by atoms with van der Waals surface area (Å²) in [6.07, 6.45) is 0. The molecule has 0 unspecified atom stereocenters. The molecule has 29 heavy (non-hydrogen) atoms. The van der Waals surface area contributed by atoms with E-state index in [1.807, 2.05) is 90.8 Å². The molecule has 1 N–H and O–H groups in total. The highest BCUT2D eigenvalue weighted by Crippen LogP contribution is 2.27. The summed E-state index contributed by atoms with van der Waals surface area (Å²) < 4.78 is 10.9. The third kappa shape index (κ3) is 6.09. The molecule has 0 atom stereocenters. The van der Waals surface area contributed by atoms with E-state index in [0.29, 0.717) is 13.2 Å². The van der Waals surface area contributed by atoms with Gasteiger partial charge in [0.15, 0.2) is 0 Å². The number of amides is 1. The molecule has 0 aromatic heterocycles. The fourth-order valence-electron chi connectivity index (χ4n) is 2.97. The van der Waals surface area contributed by atoms with Crippen molar-refractivity contribution in [3.05, 3.63) is 78.9 Å². The van der Waals surface area contributed by atoms with Gasteiger partial charge in [0.1, 0.15) is 18.1 Å². The Bertz CT molecular complexity index is 911. The monoisotopic (exact) mass is 390 g/mol. The number of hydrogen-bond acceptors (Lipinski definition) is 4. The molecular formula is C24H26N2O3. The van der Waals surface area contributed by atoms with Crippen molar-refractivity contribution in [2.75, 3.05) is 39.2 Å². The molecular weight excluding hydrogens is 364 g/mol. The molecule has 5 heteroatoms. The zero-order valence-corrected chi connectivity index (χ0v) is 16.8. The van der Waals surface area contributed by atoms with Crippen molar-refractivity contribution < 1.29 is 14.3 Å². The first kappa shape index (κ1) is 20.4. The van der Waals surface area contributed by atoms with Crippen LogP contribution >= 0.6 is 0 Å². The smallest absolute Gasteiger partial charge is 0.238 e. The molecule has 0 radical (unpaired) electrons. The Morgan fingerprint density at radius 3 is 2.28 bits per heavy atom. The summed E-state index contributed by atoms with van der Waals surface area (Å²) in [6.45, 7) is 1.42. The lowest BCUT2D eigenvalue weighted by atomic mass is 10.0. The van der Waals surface area contributed by atoms with Crippen LogP contribution in [0.3, 0.4) is 0 Å². The molecule has 150 valence electrons. The van der Waals surface area contributed by atoms with Crippen molar-refractivity contribution in [3.8, 4) is 22.6 Å². The van der Waals surface area contributed by atoms with Crippen molar-refractivity contribution in [1.29, 1.82) is 0 Å². The SMILES string of the molecule is COc1ccc(OCCN(C)CC(=O)Nc2ccccc2-c2ccccc2)cc1. The number of nitrogens with one attached hydrogen (secondary N) is 1. The van der Waals surface area contributed by atoms with E-state index in [-0.39, 0.29) is 12.5 Å². The lowest BCUT2D eigenvalue weighted by Gasteiger charge is -2.18.